The van der Waals surface area contributed by atoms with Gasteiger partial charge in [-0.1, -0.05) is 35.9 Å². The van der Waals surface area contributed by atoms with Crippen LogP contribution in [0.4, 0.5) is 0 Å². The van der Waals surface area contributed by atoms with Crippen LogP contribution >= 0.6 is 11.3 Å². The Morgan fingerprint density at radius 2 is 1.78 bits per heavy atom. The molecule has 2 aromatic heterocycles. The third-order valence-electron chi connectivity index (χ3n) is 5.27. The van der Waals surface area contributed by atoms with Gasteiger partial charge in [-0.25, -0.2) is 13.2 Å². The lowest BCUT2D eigenvalue weighted by molar-refractivity contribution is 0.0588. The van der Waals surface area contributed by atoms with E-state index in [1.54, 1.807) is 18.2 Å². The highest BCUT2D eigenvalue weighted by Gasteiger charge is 2.25. The van der Waals surface area contributed by atoms with E-state index in [0.717, 1.165) is 16.7 Å². The van der Waals surface area contributed by atoms with Crippen LogP contribution in [0.3, 0.4) is 0 Å². The van der Waals surface area contributed by atoms with Crippen molar-refractivity contribution < 1.29 is 17.9 Å². The Balaban J connectivity index is 2.02. The molecule has 2 aromatic carbocycles. The van der Waals surface area contributed by atoms with E-state index in [-0.39, 0.29) is 22.7 Å². The number of carbonyl (C=O) groups is 1. The number of fused-ring (bicyclic) bond motifs is 1. The molecule has 0 N–H and O–H groups in total. The van der Waals surface area contributed by atoms with Crippen molar-refractivity contribution in [2.24, 2.45) is 0 Å². The Bertz CT molecular complexity index is 1480. The molecule has 6 nitrogen and oxygen atoms in total. The summed E-state index contributed by atoms with van der Waals surface area (Å²) in [7, 11) is -2.05. The maximum Gasteiger partial charge on any atom is 0.355 e. The summed E-state index contributed by atoms with van der Waals surface area (Å²) in [6, 6.07) is 15.6. The Morgan fingerprint density at radius 3 is 2.38 bits per heavy atom. The second kappa shape index (κ2) is 8.37. The van der Waals surface area contributed by atoms with E-state index in [4.69, 9.17) is 4.74 Å². The number of benzene rings is 2. The number of esters is 1. The molecule has 4 aromatic rings. The third kappa shape index (κ3) is 3.99. The largest absolute Gasteiger partial charge is 0.464 e. The Hall–Kier alpha value is -3.23. The normalized spacial score (nSPS) is 11.6. The number of pyridine rings is 1. The monoisotopic (exact) mass is 467 g/mol. The number of thiophene rings is 1. The summed E-state index contributed by atoms with van der Waals surface area (Å²) in [6.07, 6.45) is 1.14. The minimum absolute atomic E-state index is 0.0928. The molecule has 0 aliphatic rings. The number of ether oxygens (including phenoxy) is 1. The average Bonchev–Trinajstić information content (AvgIpc) is 3.29. The standard InChI is InChI=1S/C24H21NO5S2/c1-15-6-11-18-19(13-15)21(20-5-4-12-31-20)22(24(27)30-2)25(23(18)26)14-16-7-9-17(10-8-16)32(3,28)29/h4-13H,14H2,1-3H3. The molecular formula is C24H21NO5S2. The number of aryl methyl sites for hydroxylation is 1. The maximum absolute atomic E-state index is 13.5. The van der Waals surface area contributed by atoms with E-state index in [0.29, 0.717) is 21.9 Å². The first kappa shape index (κ1) is 22.0. The molecule has 0 saturated heterocycles. The van der Waals surface area contributed by atoms with Crippen molar-refractivity contribution in [3.8, 4) is 10.4 Å². The summed E-state index contributed by atoms with van der Waals surface area (Å²) >= 11 is 1.47. The highest BCUT2D eigenvalue weighted by atomic mass is 32.2. The van der Waals surface area contributed by atoms with Crippen molar-refractivity contribution in [3.63, 3.8) is 0 Å². The molecule has 32 heavy (non-hydrogen) atoms. The van der Waals surface area contributed by atoms with Crippen molar-refractivity contribution in [1.82, 2.24) is 4.57 Å². The van der Waals surface area contributed by atoms with E-state index in [9.17, 15) is 18.0 Å². The zero-order valence-electron chi connectivity index (χ0n) is 17.8. The number of sulfone groups is 1. The highest BCUT2D eigenvalue weighted by Crippen LogP contribution is 2.35. The topological polar surface area (TPSA) is 82.4 Å². The van der Waals surface area contributed by atoms with Crippen molar-refractivity contribution in [1.29, 1.82) is 0 Å². The molecule has 2 heterocycles. The number of rotatable bonds is 5. The molecule has 164 valence electrons. The van der Waals surface area contributed by atoms with E-state index in [1.807, 2.05) is 36.6 Å². The molecule has 0 bridgehead atoms. The quantitative estimate of drug-likeness (QED) is 0.409. The van der Waals surface area contributed by atoms with Gasteiger partial charge in [0, 0.05) is 22.1 Å². The number of hydrogen-bond acceptors (Lipinski definition) is 6. The minimum Gasteiger partial charge on any atom is -0.464 e. The fourth-order valence-electron chi connectivity index (χ4n) is 3.72. The predicted octanol–water partition coefficient (Wildman–Crippen LogP) is 4.28. The van der Waals surface area contributed by atoms with Gasteiger partial charge in [-0.2, -0.15) is 0 Å². The second-order valence-electron chi connectivity index (χ2n) is 7.55. The van der Waals surface area contributed by atoms with Gasteiger partial charge < -0.3 is 4.74 Å². The van der Waals surface area contributed by atoms with Gasteiger partial charge in [0.2, 0.25) is 0 Å². The number of methoxy groups -OCH3 is 1. The first-order valence-electron chi connectivity index (χ1n) is 9.79. The smallest absolute Gasteiger partial charge is 0.355 e. The van der Waals surface area contributed by atoms with Crippen LogP contribution in [-0.2, 0) is 21.1 Å². The Morgan fingerprint density at radius 1 is 1.06 bits per heavy atom. The summed E-state index contributed by atoms with van der Waals surface area (Å²) < 4.78 is 30.0. The van der Waals surface area contributed by atoms with E-state index in [1.165, 1.54) is 35.1 Å². The van der Waals surface area contributed by atoms with E-state index >= 15 is 0 Å². The van der Waals surface area contributed by atoms with Crippen molar-refractivity contribution in [2.75, 3.05) is 13.4 Å². The van der Waals surface area contributed by atoms with Crippen LogP contribution in [0.15, 0.2) is 69.7 Å². The van der Waals surface area contributed by atoms with Crippen LogP contribution in [0.1, 0.15) is 21.6 Å². The van der Waals surface area contributed by atoms with Gasteiger partial charge in [-0.05, 0) is 47.5 Å². The molecule has 4 rings (SSSR count). The first-order chi connectivity index (χ1) is 15.2. The van der Waals surface area contributed by atoms with Gasteiger partial charge in [0.15, 0.2) is 9.84 Å². The second-order valence-corrected chi connectivity index (χ2v) is 10.5. The van der Waals surface area contributed by atoms with Gasteiger partial charge in [0.05, 0.1) is 18.6 Å². The molecule has 0 spiro atoms. The lowest BCUT2D eigenvalue weighted by Crippen LogP contribution is -2.28. The molecule has 0 saturated carbocycles. The number of nitrogens with zero attached hydrogens (tertiary/aromatic N) is 1. The van der Waals surface area contributed by atoms with Crippen molar-refractivity contribution >= 4 is 37.9 Å². The molecule has 0 unspecified atom stereocenters. The molecule has 0 radical (unpaired) electrons. The van der Waals surface area contributed by atoms with Crippen LogP contribution in [0, 0.1) is 6.92 Å². The zero-order chi connectivity index (χ0) is 23.0. The molecule has 8 heteroatoms. The summed E-state index contributed by atoms with van der Waals surface area (Å²) in [5, 5.41) is 3.11. The third-order valence-corrected chi connectivity index (χ3v) is 7.28. The van der Waals surface area contributed by atoms with E-state index in [2.05, 4.69) is 0 Å². The highest BCUT2D eigenvalue weighted by molar-refractivity contribution is 7.90. The first-order valence-corrected chi connectivity index (χ1v) is 12.6. The average molecular weight is 468 g/mol. The molecule has 0 amide bonds. The maximum atomic E-state index is 13.5. The summed E-state index contributed by atoms with van der Waals surface area (Å²) in [5.41, 5.74) is 2.17. The number of hydrogen-bond donors (Lipinski definition) is 0. The van der Waals surface area contributed by atoms with Crippen LogP contribution in [0.5, 0.6) is 0 Å². The van der Waals surface area contributed by atoms with Crippen LogP contribution in [0.2, 0.25) is 0 Å². The van der Waals surface area contributed by atoms with Crippen LogP contribution < -0.4 is 5.56 Å². The zero-order valence-corrected chi connectivity index (χ0v) is 19.4. The number of aromatic nitrogens is 1. The fourth-order valence-corrected chi connectivity index (χ4v) is 5.13. The molecule has 0 atom stereocenters. The SMILES string of the molecule is COC(=O)c1c(-c2cccs2)c2cc(C)ccc2c(=O)n1Cc1ccc(S(C)(=O)=O)cc1. The molecular weight excluding hydrogens is 446 g/mol. The van der Waals surface area contributed by atoms with E-state index < -0.39 is 15.8 Å². The van der Waals surface area contributed by atoms with Crippen LogP contribution in [-0.4, -0.2) is 32.3 Å². The van der Waals surface area contributed by atoms with Crippen LogP contribution in [0.25, 0.3) is 21.2 Å². The van der Waals surface area contributed by atoms with Gasteiger partial charge in [0.1, 0.15) is 5.69 Å². The predicted molar refractivity (Wildman–Crippen MR) is 126 cm³/mol. The van der Waals surface area contributed by atoms with Gasteiger partial charge in [-0.15, -0.1) is 11.3 Å². The Labute approximate surface area is 189 Å². The van der Waals surface area contributed by atoms with Gasteiger partial charge in [0.25, 0.3) is 5.56 Å². The van der Waals surface area contributed by atoms with Crippen molar-refractivity contribution in [2.45, 2.75) is 18.4 Å². The summed E-state index contributed by atoms with van der Waals surface area (Å²) in [6.45, 7) is 2.03. The van der Waals surface area contributed by atoms with Gasteiger partial charge >= 0.3 is 5.97 Å². The summed E-state index contributed by atoms with van der Waals surface area (Å²) in [4.78, 5) is 27.5. The molecule has 0 fully saturated rings. The summed E-state index contributed by atoms with van der Waals surface area (Å²) in [5.74, 6) is -0.610. The van der Waals surface area contributed by atoms with Crippen molar-refractivity contribution in [3.05, 3.63) is 87.2 Å². The Kier molecular flexibility index (Phi) is 5.75. The molecule has 0 aliphatic carbocycles. The lowest BCUT2D eigenvalue weighted by atomic mass is 9.99. The lowest BCUT2D eigenvalue weighted by Gasteiger charge is -2.18. The fraction of sp³-hybridized carbons (Fsp3) is 0.167. The minimum atomic E-state index is -3.34. The molecule has 0 aliphatic heterocycles. The number of carbonyl (C=O) groups excluding carboxylic acids is 1. The van der Waals surface area contributed by atoms with Gasteiger partial charge in [-0.3, -0.25) is 9.36 Å².